The topological polar surface area (TPSA) is 57.7 Å². The van der Waals surface area contributed by atoms with Crippen LogP contribution in [0.15, 0.2) is 48.5 Å². The van der Waals surface area contributed by atoms with E-state index in [0.717, 1.165) is 5.56 Å². The molecule has 1 aliphatic rings. The van der Waals surface area contributed by atoms with Gasteiger partial charge in [0.1, 0.15) is 18.8 Å². The molecule has 0 aliphatic carbocycles. The number of aryl methyl sites for hydroxylation is 1. The minimum Gasteiger partial charge on any atom is -0.274 e. The molecule has 0 saturated carbocycles. The van der Waals surface area contributed by atoms with Gasteiger partial charge in [0.2, 0.25) is 11.8 Å². The Hall–Kier alpha value is -2.80. The van der Waals surface area contributed by atoms with Crippen LogP contribution in [0.3, 0.4) is 0 Å². The molecule has 29 heavy (non-hydrogen) atoms. The van der Waals surface area contributed by atoms with Gasteiger partial charge in [-0.3, -0.25) is 19.4 Å². The molecule has 1 saturated heterocycles. The van der Waals surface area contributed by atoms with Gasteiger partial charge in [-0.05, 0) is 30.2 Å². The maximum atomic E-state index is 14.7. The minimum atomic E-state index is -1.66. The first kappa shape index (κ1) is 20.9. The fourth-order valence-electron chi connectivity index (χ4n) is 3.02. The van der Waals surface area contributed by atoms with Crippen molar-refractivity contribution in [1.29, 1.82) is 0 Å². The highest BCUT2D eigenvalue weighted by Crippen LogP contribution is 2.26. The van der Waals surface area contributed by atoms with E-state index < -0.39 is 49.7 Å². The Labute approximate surface area is 171 Å². The van der Waals surface area contributed by atoms with Gasteiger partial charge in [0.05, 0.1) is 13.1 Å². The van der Waals surface area contributed by atoms with Crippen LogP contribution in [0.2, 0.25) is 5.02 Å². The highest BCUT2D eigenvalue weighted by molar-refractivity contribution is 6.30. The molecule has 4 amide bonds. The van der Waals surface area contributed by atoms with E-state index in [2.05, 4.69) is 0 Å². The number of benzene rings is 2. The van der Waals surface area contributed by atoms with Crippen molar-refractivity contribution < 1.29 is 23.2 Å². The van der Waals surface area contributed by atoms with Gasteiger partial charge in [0.15, 0.2) is 0 Å². The first-order chi connectivity index (χ1) is 13.8. The molecule has 152 valence electrons. The summed E-state index contributed by atoms with van der Waals surface area (Å²) < 4.78 is 29.3. The van der Waals surface area contributed by atoms with E-state index in [9.17, 15) is 23.2 Å². The third-order valence-corrected chi connectivity index (χ3v) is 4.97. The zero-order chi connectivity index (χ0) is 21.1. The van der Waals surface area contributed by atoms with Gasteiger partial charge in [-0.25, -0.2) is 13.6 Å². The Balaban J connectivity index is 1.73. The second-order valence-corrected chi connectivity index (χ2v) is 7.30. The summed E-state index contributed by atoms with van der Waals surface area (Å²) in [6.07, 6.45) is -3.89. The first-order valence-electron chi connectivity index (χ1n) is 9.01. The lowest BCUT2D eigenvalue weighted by atomic mass is 10.1. The smallest absolute Gasteiger partial charge is 0.274 e. The molecule has 1 fully saturated rings. The number of barbiturate groups is 1. The third kappa shape index (κ3) is 4.79. The largest absolute Gasteiger partial charge is 0.333 e. The summed E-state index contributed by atoms with van der Waals surface area (Å²) in [6.45, 7) is 0.749. The molecule has 0 N–H and O–H groups in total. The Bertz CT molecular complexity index is 845. The second kappa shape index (κ2) is 8.69. The van der Waals surface area contributed by atoms with Crippen molar-refractivity contribution in [3.05, 3.63) is 70.2 Å². The van der Waals surface area contributed by atoms with Crippen molar-refractivity contribution in [3.63, 3.8) is 0 Å². The van der Waals surface area contributed by atoms with Crippen LogP contribution in [0.1, 0.15) is 35.5 Å². The van der Waals surface area contributed by atoms with Crippen LogP contribution in [0, 0.1) is 6.92 Å². The van der Waals surface area contributed by atoms with E-state index in [4.69, 9.17) is 11.6 Å². The Morgan fingerprint density at radius 2 is 1.24 bits per heavy atom. The van der Waals surface area contributed by atoms with Crippen LogP contribution >= 0.6 is 11.6 Å². The maximum Gasteiger partial charge on any atom is 0.333 e. The number of halogens is 3. The lowest BCUT2D eigenvalue weighted by Gasteiger charge is -2.34. The van der Waals surface area contributed by atoms with Crippen molar-refractivity contribution in [1.82, 2.24) is 9.80 Å². The number of nitrogens with zero attached hydrogens (tertiary/aromatic N) is 2. The van der Waals surface area contributed by atoms with Crippen LogP contribution < -0.4 is 0 Å². The van der Waals surface area contributed by atoms with E-state index >= 15 is 0 Å². The molecule has 0 aromatic heterocycles. The van der Waals surface area contributed by atoms with Crippen LogP contribution in [-0.4, -0.2) is 40.7 Å². The number of hydrogen-bond acceptors (Lipinski definition) is 3. The van der Waals surface area contributed by atoms with Gasteiger partial charge in [-0.15, -0.1) is 0 Å². The monoisotopic (exact) mass is 420 g/mol. The summed E-state index contributed by atoms with van der Waals surface area (Å²) in [5.74, 6) is -1.61. The first-order valence-corrected chi connectivity index (χ1v) is 9.39. The van der Waals surface area contributed by atoms with E-state index in [0.29, 0.717) is 20.4 Å². The van der Waals surface area contributed by atoms with E-state index in [1.54, 1.807) is 24.3 Å². The van der Waals surface area contributed by atoms with Crippen molar-refractivity contribution >= 4 is 29.4 Å². The number of alkyl halides is 2. The zero-order valence-corrected chi connectivity index (χ0v) is 16.4. The summed E-state index contributed by atoms with van der Waals surface area (Å²) in [7, 11) is 0. The molecule has 8 heteroatoms. The molecule has 5 nitrogen and oxygen atoms in total. The molecule has 0 radical (unpaired) electrons. The number of hydrogen-bond donors (Lipinski definition) is 0. The quantitative estimate of drug-likeness (QED) is 0.644. The highest BCUT2D eigenvalue weighted by atomic mass is 35.5. The number of carbonyl (C=O) groups is 3. The Kier molecular flexibility index (Phi) is 6.27. The van der Waals surface area contributed by atoms with Crippen molar-refractivity contribution in [2.75, 3.05) is 13.1 Å². The Morgan fingerprint density at radius 3 is 1.69 bits per heavy atom. The normalized spacial score (nSPS) is 16.9. The summed E-state index contributed by atoms with van der Waals surface area (Å²) in [4.78, 5) is 38.3. The van der Waals surface area contributed by atoms with Crippen LogP contribution in [0.4, 0.5) is 13.6 Å². The fourth-order valence-corrected chi connectivity index (χ4v) is 3.14. The molecule has 2 aromatic carbocycles. The van der Waals surface area contributed by atoms with E-state index in [1.165, 1.54) is 24.3 Å². The number of imide groups is 2. The standard InChI is InChI=1S/C21H19ClF2N2O3/c1-13-2-4-14(5-3-13)17(23)11-25-19(27)10-20(28)26(21(25)29)12-18(24)15-6-8-16(22)9-7-15/h2-9,17-18H,10-12H2,1H3/t17-,18-/m1/s1. The van der Waals surface area contributed by atoms with Crippen molar-refractivity contribution in [2.24, 2.45) is 0 Å². The number of carbonyl (C=O) groups excluding carboxylic acids is 3. The Morgan fingerprint density at radius 1 is 0.828 bits per heavy atom. The lowest BCUT2D eigenvalue weighted by Crippen LogP contribution is -2.56. The van der Waals surface area contributed by atoms with Gasteiger partial charge in [-0.2, -0.15) is 0 Å². The fraction of sp³-hybridized carbons (Fsp3) is 0.286. The van der Waals surface area contributed by atoms with Gasteiger partial charge in [-0.1, -0.05) is 53.6 Å². The molecule has 3 rings (SSSR count). The van der Waals surface area contributed by atoms with Gasteiger partial charge in [0.25, 0.3) is 0 Å². The highest BCUT2D eigenvalue weighted by Gasteiger charge is 2.40. The predicted molar refractivity (Wildman–Crippen MR) is 104 cm³/mol. The van der Waals surface area contributed by atoms with E-state index in [1.807, 2.05) is 6.92 Å². The van der Waals surface area contributed by atoms with Gasteiger partial charge in [0, 0.05) is 5.02 Å². The predicted octanol–water partition coefficient (Wildman–Crippen LogP) is 4.55. The summed E-state index contributed by atoms with van der Waals surface area (Å²) in [6, 6.07) is 11.4. The van der Waals surface area contributed by atoms with Crippen molar-refractivity contribution in [2.45, 2.75) is 25.7 Å². The molecular weight excluding hydrogens is 402 g/mol. The number of rotatable bonds is 6. The van der Waals surface area contributed by atoms with Crippen LogP contribution in [-0.2, 0) is 9.59 Å². The third-order valence-electron chi connectivity index (χ3n) is 4.72. The minimum absolute atomic E-state index is 0.237. The maximum absolute atomic E-state index is 14.7. The van der Waals surface area contributed by atoms with Gasteiger partial charge < -0.3 is 0 Å². The van der Waals surface area contributed by atoms with Crippen LogP contribution in [0.5, 0.6) is 0 Å². The molecule has 2 aromatic rings. The number of amides is 4. The summed E-state index contributed by atoms with van der Waals surface area (Å²) in [5.41, 5.74) is 1.49. The molecule has 0 spiro atoms. The SMILES string of the molecule is Cc1ccc([C@H](F)CN2C(=O)CC(=O)N(C[C@@H](F)c3ccc(Cl)cc3)C2=O)cc1. The molecule has 0 unspecified atom stereocenters. The average molecular weight is 421 g/mol. The number of urea groups is 1. The second-order valence-electron chi connectivity index (χ2n) is 6.87. The average Bonchev–Trinajstić information content (AvgIpc) is 2.69. The molecule has 2 atom stereocenters. The summed E-state index contributed by atoms with van der Waals surface area (Å²) in [5, 5.41) is 0.424. The lowest BCUT2D eigenvalue weighted by molar-refractivity contribution is -0.143. The molecular formula is C21H19ClF2N2O3. The van der Waals surface area contributed by atoms with Gasteiger partial charge >= 0.3 is 6.03 Å². The van der Waals surface area contributed by atoms with Crippen molar-refractivity contribution in [3.8, 4) is 0 Å². The van der Waals surface area contributed by atoms with Crippen LogP contribution in [0.25, 0.3) is 0 Å². The molecule has 0 bridgehead atoms. The zero-order valence-electron chi connectivity index (χ0n) is 15.6. The summed E-state index contributed by atoms with van der Waals surface area (Å²) >= 11 is 5.78. The molecule has 1 aliphatic heterocycles. The van der Waals surface area contributed by atoms with E-state index in [-0.39, 0.29) is 5.56 Å². The molecule has 1 heterocycles.